The monoisotopic (exact) mass is 392 g/mol. The zero-order valence-electron chi connectivity index (χ0n) is 17.7. The van der Waals surface area contributed by atoms with Crippen LogP contribution in [0.2, 0.25) is 0 Å². The van der Waals surface area contributed by atoms with E-state index in [0.29, 0.717) is 12.5 Å². The molecule has 0 aliphatic rings. The molecule has 0 aliphatic carbocycles. The summed E-state index contributed by atoms with van der Waals surface area (Å²) in [6.45, 7) is 6.88. The van der Waals surface area contributed by atoms with E-state index in [1.807, 2.05) is 31.2 Å². The summed E-state index contributed by atoms with van der Waals surface area (Å²) < 4.78 is 10.7. The number of rotatable bonds is 8. The predicted molar refractivity (Wildman–Crippen MR) is 118 cm³/mol. The molecular weight excluding hydrogens is 364 g/mol. The third-order valence-corrected chi connectivity index (χ3v) is 4.78. The lowest BCUT2D eigenvalue weighted by Gasteiger charge is -2.12. The number of hydrogen-bond acceptors (Lipinski definition) is 6. The Morgan fingerprint density at radius 3 is 2.34 bits per heavy atom. The third-order valence-electron chi connectivity index (χ3n) is 4.78. The van der Waals surface area contributed by atoms with E-state index in [9.17, 15) is 0 Å². The second kappa shape index (κ2) is 9.28. The van der Waals surface area contributed by atoms with Crippen LogP contribution in [0.4, 0.5) is 17.5 Å². The van der Waals surface area contributed by atoms with Crippen LogP contribution in [0.1, 0.15) is 22.4 Å². The SMILES string of the molecule is COc1ccc(CCNc2nc(C)cc(Nc3ccc(C)c(C)c3)n2)cc1OC. The van der Waals surface area contributed by atoms with Gasteiger partial charge in [0.25, 0.3) is 0 Å². The molecule has 0 fully saturated rings. The van der Waals surface area contributed by atoms with Gasteiger partial charge in [-0.3, -0.25) is 0 Å². The maximum Gasteiger partial charge on any atom is 0.224 e. The van der Waals surface area contributed by atoms with Crippen molar-refractivity contribution in [2.75, 3.05) is 31.4 Å². The molecule has 1 aromatic heterocycles. The summed E-state index contributed by atoms with van der Waals surface area (Å²) in [5, 5.41) is 6.68. The first-order valence-corrected chi connectivity index (χ1v) is 9.63. The maximum atomic E-state index is 5.37. The fourth-order valence-electron chi connectivity index (χ4n) is 3.03. The van der Waals surface area contributed by atoms with E-state index in [0.717, 1.165) is 40.7 Å². The smallest absolute Gasteiger partial charge is 0.224 e. The summed E-state index contributed by atoms with van der Waals surface area (Å²) in [5.74, 6) is 2.84. The number of hydrogen-bond donors (Lipinski definition) is 2. The number of methoxy groups -OCH3 is 2. The maximum absolute atomic E-state index is 5.37. The second-order valence-corrected chi connectivity index (χ2v) is 7.01. The molecule has 0 spiro atoms. The average Bonchev–Trinajstić information content (AvgIpc) is 2.70. The molecule has 0 radical (unpaired) electrons. The van der Waals surface area contributed by atoms with Gasteiger partial charge in [-0.15, -0.1) is 0 Å². The molecular formula is C23H28N4O2. The fourth-order valence-corrected chi connectivity index (χ4v) is 3.03. The van der Waals surface area contributed by atoms with E-state index < -0.39 is 0 Å². The first-order valence-electron chi connectivity index (χ1n) is 9.63. The van der Waals surface area contributed by atoms with E-state index in [-0.39, 0.29) is 0 Å². The van der Waals surface area contributed by atoms with Crippen molar-refractivity contribution in [3.05, 3.63) is 64.8 Å². The van der Waals surface area contributed by atoms with Crippen LogP contribution in [0.15, 0.2) is 42.5 Å². The van der Waals surface area contributed by atoms with Gasteiger partial charge in [-0.25, -0.2) is 4.98 Å². The minimum Gasteiger partial charge on any atom is -0.493 e. The first kappa shape index (κ1) is 20.5. The summed E-state index contributed by atoms with van der Waals surface area (Å²) in [6, 6.07) is 14.2. The van der Waals surface area contributed by atoms with Crippen LogP contribution >= 0.6 is 0 Å². The highest BCUT2D eigenvalue weighted by Gasteiger charge is 2.06. The van der Waals surface area contributed by atoms with Crippen LogP contribution in [0.3, 0.4) is 0 Å². The van der Waals surface area contributed by atoms with Gasteiger partial charge in [-0.2, -0.15) is 4.98 Å². The number of nitrogens with zero attached hydrogens (tertiary/aromatic N) is 2. The molecule has 6 nitrogen and oxygen atoms in total. The van der Waals surface area contributed by atoms with Crippen molar-refractivity contribution in [3.63, 3.8) is 0 Å². The fraction of sp³-hybridized carbons (Fsp3) is 0.304. The summed E-state index contributed by atoms with van der Waals surface area (Å²) >= 11 is 0. The molecule has 3 aromatic rings. The van der Waals surface area contributed by atoms with Crippen LogP contribution in [-0.4, -0.2) is 30.7 Å². The van der Waals surface area contributed by atoms with Crippen molar-refractivity contribution in [1.29, 1.82) is 0 Å². The second-order valence-electron chi connectivity index (χ2n) is 7.01. The topological polar surface area (TPSA) is 68.3 Å². The number of benzene rings is 2. The minimum absolute atomic E-state index is 0.608. The van der Waals surface area contributed by atoms with E-state index in [2.05, 4.69) is 52.6 Å². The molecule has 0 amide bonds. The normalized spacial score (nSPS) is 10.5. The van der Waals surface area contributed by atoms with Gasteiger partial charge in [-0.1, -0.05) is 12.1 Å². The summed E-state index contributed by atoms with van der Waals surface area (Å²) in [4.78, 5) is 9.09. The Bertz CT molecular complexity index is 989. The summed E-state index contributed by atoms with van der Waals surface area (Å²) in [7, 11) is 3.28. The Morgan fingerprint density at radius 2 is 1.62 bits per heavy atom. The molecule has 6 heteroatoms. The Labute approximate surface area is 172 Å². The number of nitrogens with one attached hydrogen (secondary N) is 2. The molecule has 29 heavy (non-hydrogen) atoms. The number of ether oxygens (including phenoxy) is 2. The summed E-state index contributed by atoms with van der Waals surface area (Å²) in [6.07, 6.45) is 0.817. The van der Waals surface area contributed by atoms with Crippen LogP contribution < -0.4 is 20.1 Å². The molecule has 0 unspecified atom stereocenters. The molecule has 0 bridgehead atoms. The van der Waals surface area contributed by atoms with Crippen molar-refractivity contribution >= 4 is 17.5 Å². The van der Waals surface area contributed by atoms with Crippen LogP contribution in [0.25, 0.3) is 0 Å². The van der Waals surface area contributed by atoms with Gasteiger partial charge in [-0.05, 0) is 68.1 Å². The lowest BCUT2D eigenvalue weighted by atomic mass is 10.1. The Kier molecular flexibility index (Phi) is 6.54. The van der Waals surface area contributed by atoms with Crippen molar-refractivity contribution in [2.24, 2.45) is 0 Å². The van der Waals surface area contributed by atoms with Gasteiger partial charge >= 0.3 is 0 Å². The zero-order chi connectivity index (χ0) is 20.8. The van der Waals surface area contributed by atoms with Crippen molar-refractivity contribution in [2.45, 2.75) is 27.2 Å². The Balaban J connectivity index is 1.65. The summed E-state index contributed by atoms with van der Waals surface area (Å²) in [5.41, 5.74) is 5.58. The van der Waals surface area contributed by atoms with E-state index in [1.54, 1.807) is 14.2 Å². The lowest BCUT2D eigenvalue weighted by molar-refractivity contribution is 0.354. The van der Waals surface area contributed by atoms with Crippen LogP contribution in [0.5, 0.6) is 11.5 Å². The van der Waals surface area contributed by atoms with Crippen molar-refractivity contribution in [3.8, 4) is 11.5 Å². The van der Waals surface area contributed by atoms with Crippen LogP contribution in [0, 0.1) is 20.8 Å². The van der Waals surface area contributed by atoms with E-state index >= 15 is 0 Å². The zero-order valence-corrected chi connectivity index (χ0v) is 17.7. The van der Waals surface area contributed by atoms with E-state index in [4.69, 9.17) is 9.47 Å². The third kappa shape index (κ3) is 5.38. The standard InChI is InChI=1S/C23H28N4O2/c1-15-6-8-19(12-16(15)2)26-22-13-17(3)25-23(27-22)24-11-10-18-7-9-20(28-4)21(14-18)29-5/h6-9,12-14H,10-11H2,1-5H3,(H2,24,25,26,27). The number of aromatic nitrogens is 2. The molecule has 0 saturated carbocycles. The highest BCUT2D eigenvalue weighted by Crippen LogP contribution is 2.27. The first-order chi connectivity index (χ1) is 14.0. The van der Waals surface area contributed by atoms with Gasteiger partial charge in [0.15, 0.2) is 11.5 Å². The molecule has 152 valence electrons. The van der Waals surface area contributed by atoms with Gasteiger partial charge in [0.2, 0.25) is 5.95 Å². The van der Waals surface area contributed by atoms with Gasteiger partial charge < -0.3 is 20.1 Å². The van der Waals surface area contributed by atoms with Gasteiger partial charge in [0, 0.05) is 24.0 Å². The van der Waals surface area contributed by atoms with Crippen LogP contribution in [-0.2, 0) is 6.42 Å². The van der Waals surface area contributed by atoms with E-state index in [1.165, 1.54) is 11.1 Å². The largest absolute Gasteiger partial charge is 0.493 e. The molecule has 0 atom stereocenters. The molecule has 2 aromatic carbocycles. The molecule has 0 saturated heterocycles. The van der Waals surface area contributed by atoms with Gasteiger partial charge in [0.1, 0.15) is 5.82 Å². The Morgan fingerprint density at radius 1 is 0.828 bits per heavy atom. The minimum atomic E-state index is 0.608. The Hall–Kier alpha value is -3.28. The lowest BCUT2D eigenvalue weighted by Crippen LogP contribution is -2.10. The number of aryl methyl sites for hydroxylation is 3. The quantitative estimate of drug-likeness (QED) is 0.573. The molecule has 1 heterocycles. The molecule has 3 rings (SSSR count). The molecule has 2 N–H and O–H groups in total. The highest BCUT2D eigenvalue weighted by molar-refractivity contribution is 5.59. The van der Waals surface area contributed by atoms with Crippen molar-refractivity contribution in [1.82, 2.24) is 9.97 Å². The average molecular weight is 393 g/mol. The van der Waals surface area contributed by atoms with Crippen molar-refractivity contribution < 1.29 is 9.47 Å². The molecule has 0 aliphatic heterocycles. The van der Waals surface area contributed by atoms with Gasteiger partial charge in [0.05, 0.1) is 14.2 Å². The highest BCUT2D eigenvalue weighted by atomic mass is 16.5. The predicted octanol–water partition coefficient (Wildman–Crippen LogP) is 4.82. The number of anilines is 3.